The van der Waals surface area contributed by atoms with Gasteiger partial charge >= 0.3 is 5.76 Å². The summed E-state index contributed by atoms with van der Waals surface area (Å²) in [5.74, 6) is -1.26. The minimum Gasteiger partial charge on any atom is -0.408 e. The van der Waals surface area contributed by atoms with E-state index in [1.165, 1.54) is 18.2 Å². The van der Waals surface area contributed by atoms with Crippen molar-refractivity contribution in [3.05, 3.63) is 38.9 Å². The Balaban J connectivity index is 2.30. The monoisotopic (exact) mass is 290 g/mol. The zero-order valence-corrected chi connectivity index (χ0v) is 10.7. The molecule has 21 heavy (non-hydrogen) atoms. The Labute approximate surface area is 117 Å². The Morgan fingerprint density at radius 3 is 2.95 bits per heavy atom. The minimum atomic E-state index is -0.777. The number of amides is 1. The molecule has 2 rings (SSSR count). The van der Waals surface area contributed by atoms with Crippen LogP contribution in [-0.4, -0.2) is 21.9 Å². The number of rotatable bonds is 5. The van der Waals surface area contributed by atoms with Crippen molar-refractivity contribution in [3.63, 3.8) is 0 Å². The van der Waals surface area contributed by atoms with E-state index >= 15 is 0 Å². The molecule has 2 aromatic rings. The van der Waals surface area contributed by atoms with Gasteiger partial charge in [-0.05, 0) is 6.07 Å². The first kappa shape index (κ1) is 14.3. The van der Waals surface area contributed by atoms with Gasteiger partial charge in [-0.25, -0.2) is 4.79 Å². The summed E-state index contributed by atoms with van der Waals surface area (Å²) in [6, 6.07) is 5.55. The number of nitriles is 1. The third kappa shape index (κ3) is 3.06. The van der Waals surface area contributed by atoms with E-state index in [0.717, 1.165) is 4.57 Å². The topological polar surface area (TPSA) is 131 Å². The molecule has 108 valence electrons. The van der Waals surface area contributed by atoms with Crippen LogP contribution in [0.3, 0.4) is 0 Å². The largest absolute Gasteiger partial charge is 0.420 e. The van der Waals surface area contributed by atoms with Crippen LogP contribution < -0.4 is 11.1 Å². The van der Waals surface area contributed by atoms with E-state index in [1.54, 1.807) is 0 Å². The summed E-state index contributed by atoms with van der Waals surface area (Å²) in [6.07, 6.45) is 0.151. The second-order valence-electron chi connectivity index (χ2n) is 4.12. The Hall–Kier alpha value is -3.15. The van der Waals surface area contributed by atoms with Crippen molar-refractivity contribution in [2.45, 2.75) is 13.0 Å². The Bertz CT molecular complexity index is 798. The third-order valence-electron chi connectivity index (χ3n) is 2.72. The summed E-state index contributed by atoms with van der Waals surface area (Å²) in [6.45, 7) is -0.168. The zero-order chi connectivity index (χ0) is 15.4. The van der Waals surface area contributed by atoms with Gasteiger partial charge in [0.2, 0.25) is 5.91 Å². The van der Waals surface area contributed by atoms with Crippen LogP contribution in [-0.2, 0) is 11.3 Å². The molecule has 1 heterocycles. The van der Waals surface area contributed by atoms with E-state index in [2.05, 4.69) is 5.32 Å². The number of non-ortho nitro benzene ring substituents is 1. The maximum Gasteiger partial charge on any atom is 0.420 e. The molecular weight excluding hydrogens is 280 g/mol. The van der Waals surface area contributed by atoms with Crippen LogP contribution in [0.25, 0.3) is 11.1 Å². The van der Waals surface area contributed by atoms with Crippen molar-refractivity contribution in [1.29, 1.82) is 5.26 Å². The standard InChI is InChI=1S/C12H10N4O5/c13-4-1-5-14-11(17)7-15-9-6-8(16(19)20)2-3-10(9)21-12(15)18/h2-3,6H,1,5,7H2,(H,14,17). The molecule has 0 aliphatic rings. The van der Waals surface area contributed by atoms with Gasteiger partial charge in [0.25, 0.3) is 5.69 Å². The van der Waals surface area contributed by atoms with E-state index in [4.69, 9.17) is 9.68 Å². The number of nitrogens with zero attached hydrogens (tertiary/aromatic N) is 3. The van der Waals surface area contributed by atoms with Crippen LogP contribution in [0.5, 0.6) is 0 Å². The summed E-state index contributed by atoms with van der Waals surface area (Å²) in [5.41, 5.74) is 0.127. The number of aromatic nitrogens is 1. The van der Waals surface area contributed by atoms with Crippen LogP contribution in [0.15, 0.2) is 27.4 Å². The maximum absolute atomic E-state index is 11.7. The first-order valence-corrected chi connectivity index (χ1v) is 5.94. The average Bonchev–Trinajstić information content (AvgIpc) is 2.74. The summed E-state index contributed by atoms with van der Waals surface area (Å²) in [4.78, 5) is 33.5. The third-order valence-corrected chi connectivity index (χ3v) is 2.72. The summed E-state index contributed by atoms with van der Waals surface area (Å²) < 4.78 is 5.92. The van der Waals surface area contributed by atoms with E-state index < -0.39 is 16.6 Å². The predicted molar refractivity (Wildman–Crippen MR) is 70.4 cm³/mol. The van der Waals surface area contributed by atoms with Crippen LogP contribution in [0.4, 0.5) is 5.69 Å². The van der Waals surface area contributed by atoms with Crippen molar-refractivity contribution in [3.8, 4) is 6.07 Å². The Kier molecular flexibility index (Phi) is 3.99. The number of nitrogens with one attached hydrogen (secondary N) is 1. The molecule has 0 unspecified atom stereocenters. The fourth-order valence-electron chi connectivity index (χ4n) is 1.77. The Morgan fingerprint density at radius 2 is 2.29 bits per heavy atom. The van der Waals surface area contributed by atoms with E-state index in [9.17, 15) is 19.7 Å². The number of carbonyl (C=O) groups excluding carboxylic acids is 1. The molecule has 0 atom stereocenters. The van der Waals surface area contributed by atoms with E-state index in [1.807, 2.05) is 6.07 Å². The molecule has 0 spiro atoms. The molecule has 0 aliphatic carbocycles. The second-order valence-corrected chi connectivity index (χ2v) is 4.12. The van der Waals surface area contributed by atoms with Gasteiger partial charge in [-0.2, -0.15) is 5.26 Å². The molecular formula is C12H10N4O5. The molecule has 9 nitrogen and oxygen atoms in total. The molecule has 0 fully saturated rings. The first-order chi connectivity index (χ1) is 10.0. The molecule has 1 amide bonds. The van der Waals surface area contributed by atoms with Gasteiger partial charge in [0, 0.05) is 18.7 Å². The highest BCUT2D eigenvalue weighted by molar-refractivity contribution is 5.80. The number of fused-ring (bicyclic) bond motifs is 1. The van der Waals surface area contributed by atoms with Gasteiger partial charge in [-0.15, -0.1) is 0 Å². The predicted octanol–water partition coefficient (Wildman–Crippen LogP) is 0.533. The number of nitro groups is 1. The highest BCUT2D eigenvalue weighted by Crippen LogP contribution is 2.19. The smallest absolute Gasteiger partial charge is 0.408 e. The molecule has 9 heteroatoms. The van der Waals surface area contributed by atoms with E-state index in [0.29, 0.717) is 0 Å². The second kappa shape index (κ2) is 5.87. The van der Waals surface area contributed by atoms with Gasteiger partial charge in [-0.1, -0.05) is 0 Å². The quantitative estimate of drug-likeness (QED) is 0.485. The highest BCUT2D eigenvalue weighted by atomic mass is 16.6. The van der Waals surface area contributed by atoms with Crippen molar-refractivity contribution >= 4 is 22.7 Å². The first-order valence-electron chi connectivity index (χ1n) is 5.94. The van der Waals surface area contributed by atoms with Crippen LogP contribution in [0.1, 0.15) is 6.42 Å². The lowest BCUT2D eigenvalue weighted by atomic mass is 10.3. The van der Waals surface area contributed by atoms with Crippen LogP contribution >= 0.6 is 0 Å². The lowest BCUT2D eigenvalue weighted by Gasteiger charge is -2.03. The van der Waals surface area contributed by atoms with Gasteiger partial charge < -0.3 is 9.73 Å². The van der Waals surface area contributed by atoms with Crippen molar-refractivity contribution in [2.75, 3.05) is 6.54 Å². The fourth-order valence-corrected chi connectivity index (χ4v) is 1.77. The van der Waals surface area contributed by atoms with Crippen molar-refractivity contribution in [1.82, 2.24) is 9.88 Å². The number of nitro benzene ring substituents is 1. The molecule has 0 saturated heterocycles. The summed E-state index contributed by atoms with van der Waals surface area (Å²) >= 11 is 0. The van der Waals surface area contributed by atoms with Crippen LogP contribution in [0, 0.1) is 21.4 Å². The molecule has 1 aromatic carbocycles. The van der Waals surface area contributed by atoms with Crippen LogP contribution in [0.2, 0.25) is 0 Å². The van der Waals surface area contributed by atoms with Gasteiger partial charge in [0.05, 0.1) is 22.9 Å². The number of carbonyl (C=O) groups is 1. The lowest BCUT2D eigenvalue weighted by Crippen LogP contribution is -2.31. The Morgan fingerprint density at radius 1 is 1.52 bits per heavy atom. The lowest BCUT2D eigenvalue weighted by molar-refractivity contribution is -0.384. The molecule has 0 radical (unpaired) electrons. The number of benzene rings is 1. The van der Waals surface area contributed by atoms with Crippen molar-refractivity contribution in [2.24, 2.45) is 0 Å². The number of hydrogen-bond acceptors (Lipinski definition) is 6. The summed E-state index contributed by atoms with van der Waals surface area (Å²) in [7, 11) is 0. The highest BCUT2D eigenvalue weighted by Gasteiger charge is 2.16. The minimum absolute atomic E-state index is 0.151. The molecule has 1 N–H and O–H groups in total. The molecule has 0 saturated carbocycles. The van der Waals surface area contributed by atoms with Gasteiger partial charge in [0.15, 0.2) is 5.58 Å². The van der Waals surface area contributed by atoms with Gasteiger partial charge in [0.1, 0.15) is 6.54 Å². The SMILES string of the molecule is N#CCCNC(=O)Cn1c(=O)oc2ccc([N+](=O)[O-])cc21. The number of hydrogen-bond donors (Lipinski definition) is 1. The fraction of sp³-hybridized carbons (Fsp3) is 0.250. The zero-order valence-electron chi connectivity index (χ0n) is 10.7. The van der Waals surface area contributed by atoms with E-state index in [-0.39, 0.29) is 36.3 Å². The molecule has 1 aromatic heterocycles. The average molecular weight is 290 g/mol. The number of oxazole rings is 1. The molecule has 0 aliphatic heterocycles. The summed E-state index contributed by atoms with van der Waals surface area (Å²) in [5, 5.41) is 21.6. The molecule has 0 bridgehead atoms. The van der Waals surface area contributed by atoms with Crippen molar-refractivity contribution < 1.29 is 14.1 Å². The van der Waals surface area contributed by atoms with Gasteiger partial charge in [-0.3, -0.25) is 19.5 Å². The normalized spacial score (nSPS) is 10.2. The maximum atomic E-state index is 11.7.